The van der Waals surface area contributed by atoms with Crippen molar-refractivity contribution >= 4 is 45.4 Å². The molecule has 0 aliphatic rings. The number of aromatic amines is 1. The number of rotatable bonds is 4. The van der Waals surface area contributed by atoms with Gasteiger partial charge < -0.3 is 10.3 Å². The SMILES string of the molecule is CCc1nc(C)c2c(C)c(C(=O)Nc3cccc(-n4cc[nH]c4=S)c3)sc2n1. The molecule has 8 heteroatoms. The largest absolute Gasteiger partial charge is 0.337 e. The molecule has 0 unspecified atom stereocenters. The van der Waals surface area contributed by atoms with E-state index in [1.165, 1.54) is 11.3 Å². The number of thiophene rings is 1. The molecular weight excluding hydrogens is 390 g/mol. The van der Waals surface area contributed by atoms with Crippen molar-refractivity contribution in [3.05, 3.63) is 63.4 Å². The fourth-order valence-corrected chi connectivity index (χ4v) is 4.59. The normalized spacial score (nSPS) is 11.1. The summed E-state index contributed by atoms with van der Waals surface area (Å²) in [5.41, 5.74) is 3.42. The number of nitrogens with zero attached hydrogens (tertiary/aromatic N) is 3. The highest BCUT2D eigenvalue weighted by Gasteiger charge is 2.19. The first-order valence-electron chi connectivity index (χ1n) is 8.92. The minimum atomic E-state index is -0.146. The van der Waals surface area contributed by atoms with Crippen LogP contribution in [0, 0.1) is 18.6 Å². The maximum absolute atomic E-state index is 13.0. The molecular formula is C20H19N5OS2. The molecule has 0 bridgehead atoms. The molecule has 4 aromatic rings. The van der Waals surface area contributed by atoms with Crippen LogP contribution in [0.2, 0.25) is 0 Å². The quantitative estimate of drug-likeness (QED) is 0.467. The third kappa shape index (κ3) is 3.25. The molecule has 0 saturated carbocycles. The maximum atomic E-state index is 13.0. The molecule has 0 aliphatic carbocycles. The maximum Gasteiger partial charge on any atom is 0.266 e. The lowest BCUT2D eigenvalue weighted by Gasteiger charge is -2.08. The van der Waals surface area contributed by atoms with Gasteiger partial charge >= 0.3 is 0 Å². The van der Waals surface area contributed by atoms with Crippen molar-refractivity contribution in [3.8, 4) is 5.69 Å². The smallest absolute Gasteiger partial charge is 0.266 e. The van der Waals surface area contributed by atoms with Gasteiger partial charge in [-0.15, -0.1) is 11.3 Å². The number of fused-ring (bicyclic) bond motifs is 1. The van der Waals surface area contributed by atoms with Gasteiger partial charge in [0.25, 0.3) is 5.91 Å². The number of anilines is 1. The summed E-state index contributed by atoms with van der Waals surface area (Å²) in [7, 11) is 0. The number of nitrogens with one attached hydrogen (secondary N) is 2. The van der Waals surface area contributed by atoms with Crippen molar-refractivity contribution in [3.63, 3.8) is 0 Å². The molecule has 2 N–H and O–H groups in total. The average molecular weight is 410 g/mol. The van der Waals surface area contributed by atoms with Crippen LogP contribution >= 0.6 is 23.6 Å². The van der Waals surface area contributed by atoms with E-state index >= 15 is 0 Å². The summed E-state index contributed by atoms with van der Waals surface area (Å²) in [6.45, 7) is 5.94. The first kappa shape index (κ1) is 18.5. The summed E-state index contributed by atoms with van der Waals surface area (Å²) in [6, 6.07) is 7.58. The molecule has 0 fully saturated rings. The zero-order valence-corrected chi connectivity index (χ0v) is 17.4. The van der Waals surface area contributed by atoms with E-state index in [4.69, 9.17) is 12.2 Å². The number of aryl methyl sites for hydroxylation is 3. The van der Waals surface area contributed by atoms with Gasteiger partial charge in [-0.2, -0.15) is 0 Å². The van der Waals surface area contributed by atoms with Gasteiger partial charge in [0.05, 0.1) is 4.88 Å². The minimum Gasteiger partial charge on any atom is -0.337 e. The molecule has 6 nitrogen and oxygen atoms in total. The van der Waals surface area contributed by atoms with Gasteiger partial charge in [-0.25, -0.2) is 9.97 Å². The summed E-state index contributed by atoms with van der Waals surface area (Å²) >= 11 is 6.68. The van der Waals surface area contributed by atoms with Crippen molar-refractivity contribution in [2.75, 3.05) is 5.32 Å². The molecule has 4 rings (SSSR count). The molecule has 3 heterocycles. The van der Waals surface area contributed by atoms with Crippen LogP contribution in [-0.4, -0.2) is 25.4 Å². The fourth-order valence-electron chi connectivity index (χ4n) is 3.21. The Bertz CT molecular complexity index is 1250. The third-order valence-electron chi connectivity index (χ3n) is 4.57. The standard InChI is InChI=1S/C20H19N5OS2/c1-4-15-22-12(3)16-11(2)17(28-19(16)24-15)18(26)23-13-6-5-7-14(10-13)25-9-8-21-20(25)27/h5-10H,4H2,1-3H3,(H,21,27)(H,23,26). The predicted octanol–water partition coefficient (Wildman–Crippen LogP) is 4.97. The van der Waals surface area contributed by atoms with Crippen molar-refractivity contribution in [2.24, 2.45) is 0 Å². The third-order valence-corrected chi connectivity index (χ3v) is 6.07. The van der Waals surface area contributed by atoms with E-state index in [9.17, 15) is 4.79 Å². The highest BCUT2D eigenvalue weighted by molar-refractivity contribution is 7.71. The molecule has 142 valence electrons. The van der Waals surface area contributed by atoms with Crippen LogP contribution in [-0.2, 0) is 6.42 Å². The van der Waals surface area contributed by atoms with E-state index in [-0.39, 0.29) is 5.91 Å². The highest BCUT2D eigenvalue weighted by atomic mass is 32.1. The summed E-state index contributed by atoms with van der Waals surface area (Å²) in [4.78, 5) is 26.6. The molecule has 0 aliphatic heterocycles. The number of aromatic nitrogens is 4. The summed E-state index contributed by atoms with van der Waals surface area (Å²) < 4.78 is 2.45. The Morgan fingerprint density at radius 2 is 2.14 bits per heavy atom. The molecule has 0 radical (unpaired) electrons. The first-order valence-corrected chi connectivity index (χ1v) is 10.1. The van der Waals surface area contributed by atoms with E-state index in [0.29, 0.717) is 15.3 Å². The lowest BCUT2D eigenvalue weighted by Crippen LogP contribution is -2.11. The summed E-state index contributed by atoms with van der Waals surface area (Å²) in [5, 5.41) is 3.97. The number of amides is 1. The Labute approximate surface area is 171 Å². The van der Waals surface area contributed by atoms with Crippen molar-refractivity contribution in [2.45, 2.75) is 27.2 Å². The van der Waals surface area contributed by atoms with Crippen LogP contribution in [0.1, 0.15) is 33.7 Å². The van der Waals surface area contributed by atoms with Gasteiger partial charge in [0.1, 0.15) is 10.7 Å². The lowest BCUT2D eigenvalue weighted by atomic mass is 10.1. The van der Waals surface area contributed by atoms with Gasteiger partial charge in [0.2, 0.25) is 0 Å². The second kappa shape index (κ2) is 7.29. The summed E-state index contributed by atoms with van der Waals surface area (Å²) in [6.07, 6.45) is 4.40. The Kier molecular flexibility index (Phi) is 4.82. The van der Waals surface area contributed by atoms with Crippen molar-refractivity contribution in [1.29, 1.82) is 0 Å². The van der Waals surface area contributed by atoms with Crippen LogP contribution in [0.25, 0.3) is 15.9 Å². The number of H-pyrrole nitrogens is 1. The molecule has 1 amide bonds. The second-order valence-electron chi connectivity index (χ2n) is 6.45. The first-order chi connectivity index (χ1) is 13.5. The fraction of sp³-hybridized carbons (Fsp3) is 0.200. The number of hydrogen-bond donors (Lipinski definition) is 2. The minimum absolute atomic E-state index is 0.146. The number of hydrogen-bond acceptors (Lipinski definition) is 5. The average Bonchev–Trinajstić information content (AvgIpc) is 3.25. The predicted molar refractivity (Wildman–Crippen MR) is 115 cm³/mol. The van der Waals surface area contributed by atoms with Crippen molar-refractivity contribution in [1.82, 2.24) is 19.5 Å². The zero-order valence-electron chi connectivity index (χ0n) is 15.7. The number of carbonyl (C=O) groups is 1. The van der Waals surface area contributed by atoms with Crippen LogP contribution in [0.5, 0.6) is 0 Å². The van der Waals surface area contributed by atoms with Crippen LogP contribution < -0.4 is 5.32 Å². The lowest BCUT2D eigenvalue weighted by molar-refractivity contribution is 0.103. The Morgan fingerprint density at radius 3 is 2.86 bits per heavy atom. The van der Waals surface area contributed by atoms with Gasteiger partial charge in [-0.3, -0.25) is 9.36 Å². The topological polar surface area (TPSA) is 75.6 Å². The van der Waals surface area contributed by atoms with Gasteiger partial charge in [0.15, 0.2) is 4.77 Å². The van der Waals surface area contributed by atoms with E-state index in [0.717, 1.165) is 39.4 Å². The van der Waals surface area contributed by atoms with Gasteiger partial charge in [-0.05, 0) is 49.8 Å². The van der Waals surface area contributed by atoms with Crippen LogP contribution in [0.15, 0.2) is 36.7 Å². The molecule has 28 heavy (non-hydrogen) atoms. The zero-order chi connectivity index (χ0) is 19.8. The van der Waals surface area contributed by atoms with E-state index < -0.39 is 0 Å². The van der Waals surface area contributed by atoms with E-state index in [1.54, 1.807) is 6.20 Å². The molecule has 0 atom stereocenters. The van der Waals surface area contributed by atoms with Crippen LogP contribution in [0.3, 0.4) is 0 Å². The monoisotopic (exact) mass is 409 g/mol. The number of benzene rings is 1. The van der Waals surface area contributed by atoms with Gasteiger partial charge in [0, 0.05) is 41.3 Å². The Balaban J connectivity index is 1.68. The Hall–Kier alpha value is -2.84. The number of imidazole rings is 1. The Morgan fingerprint density at radius 1 is 1.32 bits per heavy atom. The van der Waals surface area contributed by atoms with Gasteiger partial charge in [-0.1, -0.05) is 13.0 Å². The highest BCUT2D eigenvalue weighted by Crippen LogP contribution is 2.32. The molecule has 1 aromatic carbocycles. The molecule has 0 spiro atoms. The molecule has 0 saturated heterocycles. The second-order valence-corrected chi connectivity index (χ2v) is 7.84. The van der Waals surface area contributed by atoms with Crippen LogP contribution in [0.4, 0.5) is 5.69 Å². The summed E-state index contributed by atoms with van der Waals surface area (Å²) in [5.74, 6) is 0.655. The van der Waals surface area contributed by atoms with E-state index in [2.05, 4.69) is 20.3 Å². The van der Waals surface area contributed by atoms with E-state index in [1.807, 2.05) is 55.8 Å². The number of carbonyl (C=O) groups excluding carboxylic acids is 1. The van der Waals surface area contributed by atoms with Crippen molar-refractivity contribution < 1.29 is 4.79 Å². The molecule has 3 aromatic heterocycles.